The second kappa shape index (κ2) is 9.59. The molecule has 6 nitrogen and oxygen atoms in total. The van der Waals surface area contributed by atoms with Crippen LogP contribution in [-0.2, 0) is 22.7 Å². The molecule has 1 amide bonds. The number of ether oxygens (including phenoxy) is 2. The van der Waals surface area contributed by atoms with E-state index in [0.29, 0.717) is 24.7 Å². The minimum absolute atomic E-state index is 0.0430. The van der Waals surface area contributed by atoms with Crippen LogP contribution in [-0.4, -0.2) is 24.1 Å². The molecule has 0 spiro atoms. The minimum Gasteiger partial charge on any atom is -0.493 e. The third kappa shape index (κ3) is 5.48. The molecule has 0 aliphatic heterocycles. The fourth-order valence-electron chi connectivity index (χ4n) is 3.02. The maximum absolute atomic E-state index is 11.7. The van der Waals surface area contributed by atoms with Crippen LogP contribution in [0, 0.1) is 0 Å². The van der Waals surface area contributed by atoms with Crippen LogP contribution in [0.5, 0.6) is 11.5 Å². The van der Waals surface area contributed by atoms with E-state index in [1.807, 2.05) is 36.4 Å². The second-order valence-corrected chi connectivity index (χ2v) is 6.58. The lowest BCUT2D eigenvalue weighted by molar-refractivity contribution is -0.138. The normalized spacial score (nSPS) is 10.5. The molecule has 0 heterocycles. The van der Waals surface area contributed by atoms with Gasteiger partial charge in [0, 0.05) is 13.0 Å². The van der Waals surface area contributed by atoms with E-state index in [-0.39, 0.29) is 18.7 Å². The van der Waals surface area contributed by atoms with E-state index < -0.39 is 5.97 Å². The summed E-state index contributed by atoms with van der Waals surface area (Å²) in [6.07, 6.45) is -0.227. The zero-order valence-electron chi connectivity index (χ0n) is 16.2. The number of aliphatic carboxylic acids is 1. The summed E-state index contributed by atoms with van der Waals surface area (Å²) in [5, 5.41) is 13.6. The topological polar surface area (TPSA) is 84.9 Å². The number of hydrogen-bond acceptors (Lipinski definition) is 4. The van der Waals surface area contributed by atoms with Crippen molar-refractivity contribution in [3.8, 4) is 11.5 Å². The Balaban J connectivity index is 1.64. The molecular formula is C23H23NO5. The molecule has 0 fully saturated rings. The molecule has 0 saturated carbocycles. The Hall–Kier alpha value is -3.54. The molecule has 0 bridgehead atoms. The van der Waals surface area contributed by atoms with Gasteiger partial charge in [0.2, 0.25) is 5.91 Å². The van der Waals surface area contributed by atoms with Crippen LogP contribution in [0.4, 0.5) is 0 Å². The monoisotopic (exact) mass is 393 g/mol. The Morgan fingerprint density at radius 2 is 1.76 bits per heavy atom. The maximum atomic E-state index is 11.7. The maximum Gasteiger partial charge on any atom is 0.303 e. The number of hydrogen-bond donors (Lipinski definition) is 2. The highest BCUT2D eigenvalue weighted by Crippen LogP contribution is 2.29. The molecule has 29 heavy (non-hydrogen) atoms. The van der Waals surface area contributed by atoms with E-state index in [9.17, 15) is 9.59 Å². The van der Waals surface area contributed by atoms with Crippen molar-refractivity contribution in [3.63, 3.8) is 0 Å². The SMILES string of the molecule is COc1cc(CNC(=O)CCC(=O)O)ccc1OCc1cccc2ccccc12. The lowest BCUT2D eigenvalue weighted by atomic mass is 10.1. The van der Waals surface area contributed by atoms with Gasteiger partial charge >= 0.3 is 5.97 Å². The van der Waals surface area contributed by atoms with Crippen LogP contribution >= 0.6 is 0 Å². The lowest BCUT2D eigenvalue weighted by Crippen LogP contribution is -2.23. The van der Waals surface area contributed by atoms with E-state index >= 15 is 0 Å². The molecule has 0 aromatic heterocycles. The fourth-order valence-corrected chi connectivity index (χ4v) is 3.02. The van der Waals surface area contributed by atoms with Gasteiger partial charge in [-0.3, -0.25) is 9.59 Å². The van der Waals surface area contributed by atoms with E-state index in [4.69, 9.17) is 14.6 Å². The smallest absolute Gasteiger partial charge is 0.303 e. The Bertz CT molecular complexity index is 1010. The van der Waals surface area contributed by atoms with Gasteiger partial charge in [0.05, 0.1) is 13.5 Å². The number of carboxylic acids is 1. The van der Waals surface area contributed by atoms with Crippen molar-refractivity contribution in [2.45, 2.75) is 26.0 Å². The van der Waals surface area contributed by atoms with E-state index in [2.05, 4.69) is 23.5 Å². The molecule has 0 unspecified atom stereocenters. The third-order valence-electron chi connectivity index (χ3n) is 4.55. The molecule has 2 N–H and O–H groups in total. The first-order valence-corrected chi connectivity index (χ1v) is 9.31. The van der Waals surface area contributed by atoms with Crippen LogP contribution in [0.2, 0.25) is 0 Å². The summed E-state index contributed by atoms with van der Waals surface area (Å²) in [4.78, 5) is 22.2. The standard InChI is InChI=1S/C23H23NO5/c1-28-21-13-16(14-24-22(25)11-12-23(26)27)9-10-20(21)29-15-18-7-4-6-17-5-2-3-8-19(17)18/h2-10,13H,11-12,14-15H2,1H3,(H,24,25)(H,26,27). The summed E-state index contributed by atoms with van der Waals surface area (Å²) in [5.41, 5.74) is 1.92. The van der Waals surface area contributed by atoms with Crippen LogP contribution in [0.15, 0.2) is 60.7 Å². The van der Waals surface area contributed by atoms with Crippen molar-refractivity contribution < 1.29 is 24.2 Å². The van der Waals surface area contributed by atoms with Crippen molar-refractivity contribution in [2.24, 2.45) is 0 Å². The number of carboxylic acid groups (broad SMARTS) is 1. The molecule has 3 aromatic rings. The summed E-state index contributed by atoms with van der Waals surface area (Å²) in [6, 6.07) is 19.7. The molecule has 150 valence electrons. The van der Waals surface area contributed by atoms with Gasteiger partial charge in [0.15, 0.2) is 11.5 Å². The number of carbonyl (C=O) groups is 2. The van der Waals surface area contributed by atoms with E-state index in [0.717, 1.165) is 21.9 Å². The first-order valence-electron chi connectivity index (χ1n) is 9.31. The highest BCUT2D eigenvalue weighted by Gasteiger charge is 2.09. The van der Waals surface area contributed by atoms with Gasteiger partial charge in [-0.05, 0) is 34.0 Å². The average Bonchev–Trinajstić information content (AvgIpc) is 2.74. The summed E-state index contributed by atoms with van der Waals surface area (Å²) in [7, 11) is 1.56. The number of carbonyl (C=O) groups excluding carboxylic acids is 1. The van der Waals surface area contributed by atoms with Gasteiger partial charge in [-0.25, -0.2) is 0 Å². The molecule has 0 aliphatic rings. The van der Waals surface area contributed by atoms with E-state index in [1.54, 1.807) is 13.2 Å². The van der Waals surface area contributed by atoms with Crippen molar-refractivity contribution >= 4 is 22.6 Å². The highest BCUT2D eigenvalue weighted by atomic mass is 16.5. The molecule has 0 aliphatic carbocycles. The Labute approximate surface area is 169 Å². The summed E-state index contributed by atoms with van der Waals surface area (Å²) >= 11 is 0. The molecule has 0 radical (unpaired) electrons. The van der Waals surface area contributed by atoms with Gasteiger partial charge in [-0.15, -0.1) is 0 Å². The molecule has 3 rings (SSSR count). The number of nitrogens with one attached hydrogen (secondary N) is 1. The predicted octanol–water partition coefficient (Wildman–Crippen LogP) is 3.91. The highest BCUT2D eigenvalue weighted by molar-refractivity contribution is 5.85. The van der Waals surface area contributed by atoms with Crippen LogP contribution in [0.3, 0.4) is 0 Å². The molecule has 0 atom stereocenters. The molecule has 6 heteroatoms. The summed E-state index contributed by atoms with van der Waals surface area (Å²) in [5.74, 6) is -0.110. The van der Waals surface area contributed by atoms with E-state index in [1.165, 1.54) is 0 Å². The van der Waals surface area contributed by atoms with Gasteiger partial charge in [0.1, 0.15) is 6.61 Å². The quantitative estimate of drug-likeness (QED) is 0.576. The number of amides is 1. The Kier molecular flexibility index (Phi) is 6.68. The largest absolute Gasteiger partial charge is 0.493 e. The van der Waals surface area contributed by atoms with Crippen molar-refractivity contribution in [1.29, 1.82) is 0 Å². The second-order valence-electron chi connectivity index (χ2n) is 6.58. The van der Waals surface area contributed by atoms with Gasteiger partial charge in [-0.1, -0.05) is 48.5 Å². The number of methoxy groups -OCH3 is 1. The van der Waals surface area contributed by atoms with Gasteiger partial charge in [0.25, 0.3) is 0 Å². The molecule has 0 saturated heterocycles. The van der Waals surface area contributed by atoms with Crippen molar-refractivity contribution in [3.05, 3.63) is 71.8 Å². The fraction of sp³-hybridized carbons (Fsp3) is 0.217. The summed E-state index contributed by atoms with van der Waals surface area (Å²) in [6.45, 7) is 0.696. The minimum atomic E-state index is -0.991. The first-order chi connectivity index (χ1) is 14.1. The Morgan fingerprint density at radius 1 is 0.966 bits per heavy atom. The average molecular weight is 393 g/mol. The van der Waals surface area contributed by atoms with Gasteiger partial charge in [-0.2, -0.15) is 0 Å². The number of benzene rings is 3. The lowest BCUT2D eigenvalue weighted by Gasteiger charge is -2.14. The van der Waals surface area contributed by atoms with Crippen LogP contribution in [0.1, 0.15) is 24.0 Å². The zero-order valence-corrected chi connectivity index (χ0v) is 16.2. The summed E-state index contributed by atoms with van der Waals surface area (Å²) < 4.78 is 11.4. The zero-order chi connectivity index (χ0) is 20.6. The number of fused-ring (bicyclic) bond motifs is 1. The van der Waals surface area contributed by atoms with Crippen molar-refractivity contribution in [1.82, 2.24) is 5.32 Å². The molecular weight excluding hydrogens is 370 g/mol. The van der Waals surface area contributed by atoms with Gasteiger partial charge < -0.3 is 19.9 Å². The van der Waals surface area contributed by atoms with Crippen LogP contribution in [0.25, 0.3) is 10.8 Å². The third-order valence-corrected chi connectivity index (χ3v) is 4.55. The molecule has 3 aromatic carbocycles. The number of rotatable bonds is 9. The van der Waals surface area contributed by atoms with Crippen molar-refractivity contribution in [2.75, 3.05) is 7.11 Å². The Morgan fingerprint density at radius 3 is 2.55 bits per heavy atom. The van der Waals surface area contributed by atoms with Crippen LogP contribution < -0.4 is 14.8 Å². The predicted molar refractivity (Wildman–Crippen MR) is 110 cm³/mol. The first kappa shape index (κ1) is 20.2.